The SMILES string of the molecule is CC(C)CNC(=O)CCNc1nnc2ccccc2n1. The third kappa shape index (κ3) is 4.15. The Morgan fingerprint density at radius 3 is 2.70 bits per heavy atom. The Balaban J connectivity index is 1.82. The summed E-state index contributed by atoms with van der Waals surface area (Å²) in [4.78, 5) is 15.9. The zero-order valence-corrected chi connectivity index (χ0v) is 11.8. The van der Waals surface area contributed by atoms with Gasteiger partial charge in [0.1, 0.15) is 5.52 Å². The predicted molar refractivity (Wildman–Crippen MR) is 78.3 cm³/mol. The highest BCUT2D eigenvalue weighted by Gasteiger charge is 2.04. The highest BCUT2D eigenvalue weighted by Crippen LogP contribution is 2.08. The smallest absolute Gasteiger partial charge is 0.243 e. The van der Waals surface area contributed by atoms with Crippen molar-refractivity contribution in [2.75, 3.05) is 18.4 Å². The van der Waals surface area contributed by atoms with Crippen molar-refractivity contribution in [1.29, 1.82) is 0 Å². The quantitative estimate of drug-likeness (QED) is 0.835. The van der Waals surface area contributed by atoms with Crippen LogP contribution in [-0.4, -0.2) is 34.2 Å². The fraction of sp³-hybridized carbons (Fsp3) is 0.429. The fourth-order valence-corrected chi connectivity index (χ4v) is 1.65. The molecule has 0 saturated carbocycles. The average Bonchev–Trinajstić information content (AvgIpc) is 2.45. The fourth-order valence-electron chi connectivity index (χ4n) is 1.65. The van der Waals surface area contributed by atoms with Crippen LogP contribution in [0.25, 0.3) is 11.0 Å². The highest BCUT2D eigenvalue weighted by molar-refractivity contribution is 5.76. The standard InChI is InChI=1S/C14H19N5O/c1-10(2)9-16-13(20)7-8-15-14-17-11-5-3-4-6-12(11)18-19-14/h3-6,10H,7-9H2,1-2H3,(H,16,20)(H,15,17,19). The van der Waals surface area contributed by atoms with Crippen molar-refractivity contribution in [2.45, 2.75) is 20.3 Å². The lowest BCUT2D eigenvalue weighted by Gasteiger charge is -2.08. The first kappa shape index (κ1) is 14.2. The number of benzene rings is 1. The van der Waals surface area contributed by atoms with Gasteiger partial charge in [-0.2, -0.15) is 0 Å². The number of rotatable bonds is 6. The van der Waals surface area contributed by atoms with Crippen LogP contribution in [0.4, 0.5) is 5.95 Å². The van der Waals surface area contributed by atoms with E-state index in [0.29, 0.717) is 31.4 Å². The van der Waals surface area contributed by atoms with Crippen molar-refractivity contribution < 1.29 is 4.79 Å². The molecule has 106 valence electrons. The number of hydrogen-bond donors (Lipinski definition) is 2. The minimum Gasteiger partial charge on any atom is -0.356 e. The first-order chi connectivity index (χ1) is 9.65. The van der Waals surface area contributed by atoms with Crippen molar-refractivity contribution in [3.63, 3.8) is 0 Å². The summed E-state index contributed by atoms with van der Waals surface area (Å²) in [5.41, 5.74) is 1.54. The normalized spacial score (nSPS) is 10.8. The monoisotopic (exact) mass is 273 g/mol. The molecule has 0 radical (unpaired) electrons. The van der Waals surface area contributed by atoms with Gasteiger partial charge in [0.15, 0.2) is 0 Å². The van der Waals surface area contributed by atoms with Gasteiger partial charge in [0.2, 0.25) is 11.9 Å². The highest BCUT2D eigenvalue weighted by atomic mass is 16.1. The topological polar surface area (TPSA) is 79.8 Å². The van der Waals surface area contributed by atoms with Crippen LogP contribution in [0.3, 0.4) is 0 Å². The van der Waals surface area contributed by atoms with Crippen LogP contribution in [0.5, 0.6) is 0 Å². The van der Waals surface area contributed by atoms with Crippen molar-refractivity contribution in [1.82, 2.24) is 20.5 Å². The van der Waals surface area contributed by atoms with Gasteiger partial charge in [-0.3, -0.25) is 4.79 Å². The van der Waals surface area contributed by atoms with Gasteiger partial charge in [-0.25, -0.2) is 4.98 Å². The maximum atomic E-state index is 11.5. The predicted octanol–water partition coefficient (Wildman–Crippen LogP) is 1.60. The minimum absolute atomic E-state index is 0.0277. The van der Waals surface area contributed by atoms with E-state index in [0.717, 1.165) is 11.0 Å². The lowest BCUT2D eigenvalue weighted by molar-refractivity contribution is -0.120. The Labute approximate surface area is 118 Å². The van der Waals surface area contributed by atoms with E-state index in [1.165, 1.54) is 0 Å². The number of carbonyl (C=O) groups is 1. The largest absolute Gasteiger partial charge is 0.356 e. The van der Waals surface area contributed by atoms with E-state index in [2.05, 4.69) is 39.7 Å². The Morgan fingerprint density at radius 1 is 1.20 bits per heavy atom. The van der Waals surface area contributed by atoms with Crippen molar-refractivity contribution in [2.24, 2.45) is 5.92 Å². The number of nitrogens with zero attached hydrogens (tertiary/aromatic N) is 3. The molecule has 0 spiro atoms. The van der Waals surface area contributed by atoms with Crippen LogP contribution in [0.2, 0.25) is 0 Å². The third-order valence-electron chi connectivity index (χ3n) is 2.70. The van der Waals surface area contributed by atoms with Gasteiger partial charge in [-0.05, 0) is 18.1 Å². The zero-order chi connectivity index (χ0) is 14.4. The number of anilines is 1. The number of nitrogens with one attached hydrogen (secondary N) is 2. The molecule has 0 fully saturated rings. The molecule has 0 aliphatic heterocycles. The molecule has 6 nitrogen and oxygen atoms in total. The Kier molecular flexibility index (Phi) is 4.81. The Morgan fingerprint density at radius 2 is 1.95 bits per heavy atom. The molecular weight excluding hydrogens is 254 g/mol. The average molecular weight is 273 g/mol. The molecule has 6 heteroatoms. The van der Waals surface area contributed by atoms with Gasteiger partial charge < -0.3 is 10.6 Å². The van der Waals surface area contributed by atoms with Crippen LogP contribution in [-0.2, 0) is 4.79 Å². The second-order valence-electron chi connectivity index (χ2n) is 5.00. The van der Waals surface area contributed by atoms with Crippen molar-refractivity contribution in [3.05, 3.63) is 24.3 Å². The van der Waals surface area contributed by atoms with Gasteiger partial charge in [0.05, 0.1) is 5.52 Å². The maximum absolute atomic E-state index is 11.5. The first-order valence-corrected chi connectivity index (χ1v) is 6.75. The first-order valence-electron chi connectivity index (χ1n) is 6.75. The lowest BCUT2D eigenvalue weighted by Crippen LogP contribution is -2.28. The second kappa shape index (κ2) is 6.79. The van der Waals surface area contributed by atoms with E-state index in [1.807, 2.05) is 24.3 Å². The number of fused-ring (bicyclic) bond motifs is 1. The van der Waals surface area contributed by atoms with Crippen LogP contribution >= 0.6 is 0 Å². The molecule has 0 saturated heterocycles. The van der Waals surface area contributed by atoms with E-state index < -0.39 is 0 Å². The number of para-hydroxylation sites is 1. The molecule has 1 heterocycles. The summed E-state index contributed by atoms with van der Waals surface area (Å²) in [5, 5.41) is 13.9. The van der Waals surface area contributed by atoms with E-state index in [1.54, 1.807) is 0 Å². The summed E-state index contributed by atoms with van der Waals surface area (Å²) in [6, 6.07) is 7.54. The Bertz CT molecular complexity index is 585. The van der Waals surface area contributed by atoms with E-state index in [-0.39, 0.29) is 5.91 Å². The molecule has 20 heavy (non-hydrogen) atoms. The third-order valence-corrected chi connectivity index (χ3v) is 2.70. The summed E-state index contributed by atoms with van der Waals surface area (Å²) in [6.07, 6.45) is 0.392. The van der Waals surface area contributed by atoms with Gasteiger partial charge in [-0.15, -0.1) is 10.2 Å². The van der Waals surface area contributed by atoms with Gasteiger partial charge >= 0.3 is 0 Å². The second-order valence-corrected chi connectivity index (χ2v) is 5.00. The molecule has 1 amide bonds. The van der Waals surface area contributed by atoms with Gasteiger partial charge in [-0.1, -0.05) is 26.0 Å². The van der Waals surface area contributed by atoms with E-state index >= 15 is 0 Å². The van der Waals surface area contributed by atoms with E-state index in [9.17, 15) is 4.79 Å². The molecule has 2 aromatic rings. The van der Waals surface area contributed by atoms with Gasteiger partial charge in [0, 0.05) is 19.5 Å². The van der Waals surface area contributed by atoms with Crippen molar-refractivity contribution >= 4 is 22.9 Å². The summed E-state index contributed by atoms with van der Waals surface area (Å²) < 4.78 is 0. The Hall–Kier alpha value is -2.24. The molecule has 2 N–H and O–H groups in total. The molecule has 0 unspecified atom stereocenters. The maximum Gasteiger partial charge on any atom is 0.243 e. The number of carbonyl (C=O) groups excluding carboxylic acids is 1. The van der Waals surface area contributed by atoms with Gasteiger partial charge in [0.25, 0.3) is 0 Å². The number of amides is 1. The summed E-state index contributed by atoms with van der Waals surface area (Å²) in [6.45, 7) is 5.32. The molecule has 0 aliphatic rings. The molecule has 1 aromatic carbocycles. The molecular formula is C14H19N5O. The number of aromatic nitrogens is 3. The van der Waals surface area contributed by atoms with Crippen LogP contribution in [0.1, 0.15) is 20.3 Å². The number of hydrogen-bond acceptors (Lipinski definition) is 5. The molecule has 2 rings (SSSR count). The van der Waals surface area contributed by atoms with Crippen LogP contribution < -0.4 is 10.6 Å². The molecule has 0 aliphatic carbocycles. The molecule has 1 aromatic heterocycles. The van der Waals surface area contributed by atoms with Crippen LogP contribution in [0, 0.1) is 5.92 Å². The van der Waals surface area contributed by atoms with Crippen molar-refractivity contribution in [3.8, 4) is 0 Å². The van der Waals surface area contributed by atoms with Crippen LogP contribution in [0.15, 0.2) is 24.3 Å². The van der Waals surface area contributed by atoms with E-state index in [4.69, 9.17) is 0 Å². The lowest BCUT2D eigenvalue weighted by atomic mass is 10.2. The summed E-state index contributed by atoms with van der Waals surface area (Å²) in [7, 11) is 0. The summed E-state index contributed by atoms with van der Waals surface area (Å²) >= 11 is 0. The minimum atomic E-state index is 0.0277. The summed E-state index contributed by atoms with van der Waals surface area (Å²) in [5.74, 6) is 0.931. The molecule has 0 bridgehead atoms. The zero-order valence-electron chi connectivity index (χ0n) is 11.8. The molecule has 0 atom stereocenters.